The molecule has 1 amide bonds. The maximum absolute atomic E-state index is 12.8. The first-order chi connectivity index (χ1) is 18.2. The third-order valence-corrected chi connectivity index (χ3v) is 8.85. The lowest BCUT2D eigenvalue weighted by Gasteiger charge is -2.23. The highest BCUT2D eigenvalue weighted by molar-refractivity contribution is 7.99. The minimum absolute atomic E-state index is 0.295. The van der Waals surface area contributed by atoms with Crippen LogP contribution in [0.1, 0.15) is 33.4 Å². The average Bonchev–Trinajstić information content (AvgIpc) is 3.36. The van der Waals surface area contributed by atoms with E-state index in [1.165, 1.54) is 18.1 Å². The van der Waals surface area contributed by atoms with Gasteiger partial charge in [-0.1, -0.05) is 19.6 Å². The highest BCUT2D eigenvalue weighted by Crippen LogP contribution is 2.34. The summed E-state index contributed by atoms with van der Waals surface area (Å²) in [7, 11) is -1.39. The molecule has 0 aromatic carbocycles. The number of aliphatic hydroxyl groups is 2. The Kier molecular flexibility index (Phi) is 10.3. The summed E-state index contributed by atoms with van der Waals surface area (Å²) in [5, 5.41) is 24.6. The molecule has 1 aliphatic rings. The molecule has 39 heavy (non-hydrogen) atoms. The molecule has 0 spiro atoms. The first-order valence-corrected chi connectivity index (χ1v) is 17.8. The van der Waals surface area contributed by atoms with Gasteiger partial charge < -0.3 is 40.0 Å². The van der Waals surface area contributed by atoms with E-state index in [2.05, 4.69) is 34.9 Å². The van der Waals surface area contributed by atoms with E-state index in [0.717, 1.165) is 6.04 Å². The number of alkyl carbamates (subject to hydrolysis) is 1. The van der Waals surface area contributed by atoms with Gasteiger partial charge in [-0.25, -0.2) is 19.6 Å². The molecule has 0 bridgehead atoms. The maximum atomic E-state index is 12.8. The minimum Gasteiger partial charge on any atom is -0.464 e. The predicted octanol–water partition coefficient (Wildman–Crippen LogP) is 2.53. The summed E-state index contributed by atoms with van der Waals surface area (Å²) in [4.78, 5) is 33.3. The number of carbonyl (C=O) groups excluding carboxylic acids is 2. The van der Waals surface area contributed by atoms with Crippen molar-refractivity contribution in [3.8, 4) is 0 Å². The molecule has 2 aromatic heterocycles. The first-order valence-electron chi connectivity index (χ1n) is 13.0. The van der Waals surface area contributed by atoms with Gasteiger partial charge in [-0.2, -0.15) is 11.8 Å². The number of hydrogen-bond donors (Lipinski definition) is 4. The van der Waals surface area contributed by atoms with Crippen molar-refractivity contribution >= 4 is 48.7 Å². The first kappa shape index (κ1) is 31.1. The molecule has 1 fully saturated rings. The molecule has 1 aliphatic heterocycles. The van der Waals surface area contributed by atoms with E-state index in [1.807, 2.05) is 0 Å². The van der Waals surface area contributed by atoms with Gasteiger partial charge in [-0.15, -0.1) is 0 Å². The van der Waals surface area contributed by atoms with Gasteiger partial charge in [-0.05, 0) is 45.1 Å². The van der Waals surface area contributed by atoms with Gasteiger partial charge >= 0.3 is 12.1 Å². The van der Waals surface area contributed by atoms with Crippen molar-refractivity contribution in [1.82, 2.24) is 19.9 Å². The van der Waals surface area contributed by atoms with Crippen molar-refractivity contribution in [3.05, 3.63) is 18.6 Å². The van der Waals surface area contributed by atoms with E-state index in [4.69, 9.17) is 19.9 Å². The number of nitrogens with one attached hydrogen (secondary N) is 1. The Morgan fingerprint density at radius 2 is 1.97 bits per heavy atom. The summed E-state index contributed by atoms with van der Waals surface area (Å²) in [6.45, 7) is 12.1. The molecule has 218 valence electrons. The van der Waals surface area contributed by atoms with Crippen LogP contribution in [-0.2, 0) is 19.0 Å². The van der Waals surface area contributed by atoms with Crippen molar-refractivity contribution in [2.75, 3.05) is 23.8 Å². The number of nitrogens with two attached hydrogens (primary N) is 1. The molecule has 1 saturated heterocycles. The van der Waals surface area contributed by atoms with E-state index in [9.17, 15) is 19.8 Å². The van der Waals surface area contributed by atoms with Crippen molar-refractivity contribution in [2.24, 2.45) is 0 Å². The van der Waals surface area contributed by atoms with Crippen LogP contribution < -0.4 is 11.1 Å². The molecule has 12 nitrogen and oxygen atoms in total. The molecule has 0 saturated carbocycles. The van der Waals surface area contributed by atoms with Crippen LogP contribution in [0.2, 0.25) is 25.7 Å². The molecule has 2 aromatic rings. The standard InChI is InChI=1S/C25H41N5O7SSi/c1-25(2,3)37-24(34)29-16(23(33)35-10-12-39(4,5)6)8-11-38-13-17-18(31)19(32)22(36-17)30-9-7-15-20(26)27-14-28-21(15)30/h7,9,14,16-19,22,31-32H,8,10-13H2,1-6H3,(H,29,34)(H2,26,27,28)/t16?,17-,18-,19-,22-/m1/s1. The van der Waals surface area contributed by atoms with Crippen LogP contribution in [0.15, 0.2) is 18.6 Å². The summed E-state index contributed by atoms with van der Waals surface area (Å²) >= 11 is 1.43. The fourth-order valence-electron chi connectivity index (χ4n) is 3.95. The number of amides is 1. The summed E-state index contributed by atoms with van der Waals surface area (Å²) in [6.07, 6.45) is -1.19. The molecule has 0 aliphatic carbocycles. The summed E-state index contributed by atoms with van der Waals surface area (Å²) < 4.78 is 18.4. The summed E-state index contributed by atoms with van der Waals surface area (Å²) in [6, 6.07) is 1.68. The van der Waals surface area contributed by atoms with Gasteiger partial charge in [0.05, 0.1) is 18.1 Å². The van der Waals surface area contributed by atoms with Gasteiger partial charge in [0.15, 0.2) is 6.23 Å². The molecular weight excluding hydrogens is 542 g/mol. The quantitative estimate of drug-likeness (QED) is 0.174. The van der Waals surface area contributed by atoms with E-state index in [0.29, 0.717) is 41.4 Å². The van der Waals surface area contributed by atoms with Crippen LogP contribution in [0.5, 0.6) is 0 Å². The van der Waals surface area contributed by atoms with Crippen LogP contribution in [0.3, 0.4) is 0 Å². The Morgan fingerprint density at radius 3 is 2.64 bits per heavy atom. The van der Waals surface area contributed by atoms with Crippen LogP contribution in [-0.4, -0.2) is 93.0 Å². The van der Waals surface area contributed by atoms with Gasteiger partial charge in [0, 0.05) is 20.0 Å². The smallest absolute Gasteiger partial charge is 0.408 e. The molecule has 14 heteroatoms. The second-order valence-electron chi connectivity index (χ2n) is 11.8. The van der Waals surface area contributed by atoms with Crippen LogP contribution >= 0.6 is 11.8 Å². The number of aliphatic hydroxyl groups excluding tert-OH is 2. The Bertz CT molecular complexity index is 1140. The Balaban J connectivity index is 1.56. The monoisotopic (exact) mass is 583 g/mol. The highest BCUT2D eigenvalue weighted by atomic mass is 32.2. The van der Waals surface area contributed by atoms with Gasteiger partial charge in [0.25, 0.3) is 0 Å². The second kappa shape index (κ2) is 12.9. The lowest BCUT2D eigenvalue weighted by molar-refractivity contribution is -0.145. The fourth-order valence-corrected chi connectivity index (χ4v) is 5.74. The number of esters is 1. The average molecular weight is 584 g/mol. The SMILES string of the molecule is CC(C)(C)OC(=O)NC(CCSC[C@H]1O[C@@H](n2ccc3c(N)ncnc32)[C@H](O)[C@@H]1O)C(=O)OCC[Si](C)(C)C. The molecule has 0 radical (unpaired) electrons. The number of ether oxygens (including phenoxy) is 3. The topological polar surface area (TPSA) is 171 Å². The number of nitrogens with zero attached hydrogens (tertiary/aromatic N) is 3. The number of thioether (sulfide) groups is 1. The van der Waals surface area contributed by atoms with Crippen molar-refractivity contribution in [1.29, 1.82) is 0 Å². The van der Waals surface area contributed by atoms with Crippen molar-refractivity contribution < 1.29 is 34.0 Å². The predicted molar refractivity (Wildman–Crippen MR) is 152 cm³/mol. The highest BCUT2D eigenvalue weighted by Gasteiger charge is 2.44. The normalized spacial score (nSPS) is 22.6. The van der Waals surface area contributed by atoms with Gasteiger partial charge in [-0.3, -0.25) is 0 Å². The van der Waals surface area contributed by atoms with Crippen LogP contribution in [0.4, 0.5) is 10.6 Å². The number of nitrogen functional groups attached to an aromatic ring is 1. The summed E-state index contributed by atoms with van der Waals surface area (Å²) in [5.74, 6) is 0.628. The molecule has 3 rings (SSSR count). The zero-order valence-electron chi connectivity index (χ0n) is 23.4. The molecule has 1 unspecified atom stereocenters. The Labute approximate surface area is 234 Å². The van der Waals surface area contributed by atoms with Gasteiger partial charge in [0.1, 0.15) is 41.6 Å². The minimum atomic E-state index is -1.39. The Morgan fingerprint density at radius 1 is 1.26 bits per heavy atom. The van der Waals surface area contributed by atoms with E-state index in [-0.39, 0.29) is 0 Å². The van der Waals surface area contributed by atoms with Crippen molar-refractivity contribution in [2.45, 2.75) is 89.1 Å². The van der Waals surface area contributed by atoms with Crippen LogP contribution in [0, 0.1) is 0 Å². The zero-order valence-corrected chi connectivity index (χ0v) is 25.2. The number of anilines is 1. The Hall–Kier alpha value is -2.39. The van der Waals surface area contributed by atoms with E-state index >= 15 is 0 Å². The van der Waals surface area contributed by atoms with Gasteiger partial charge in [0.2, 0.25) is 0 Å². The molecule has 5 atom stereocenters. The third kappa shape index (κ3) is 8.80. The lowest BCUT2D eigenvalue weighted by atomic mass is 10.1. The third-order valence-electron chi connectivity index (χ3n) is 6.06. The number of hydrogen-bond acceptors (Lipinski definition) is 11. The second-order valence-corrected chi connectivity index (χ2v) is 18.6. The molecule has 5 N–H and O–H groups in total. The molecule has 3 heterocycles. The lowest BCUT2D eigenvalue weighted by Crippen LogP contribution is -2.45. The number of fused-ring (bicyclic) bond motifs is 1. The van der Waals surface area contributed by atoms with E-state index in [1.54, 1.807) is 37.6 Å². The maximum Gasteiger partial charge on any atom is 0.408 e. The number of carbonyl (C=O) groups is 2. The van der Waals surface area contributed by atoms with Crippen LogP contribution in [0.25, 0.3) is 11.0 Å². The number of rotatable bonds is 11. The molecular formula is C25H41N5O7SSi. The fraction of sp³-hybridized carbons (Fsp3) is 0.680. The number of aromatic nitrogens is 3. The zero-order chi connectivity index (χ0) is 29.0. The van der Waals surface area contributed by atoms with E-state index < -0.39 is 56.3 Å². The van der Waals surface area contributed by atoms with Crippen molar-refractivity contribution in [3.63, 3.8) is 0 Å². The largest absolute Gasteiger partial charge is 0.464 e. The summed E-state index contributed by atoms with van der Waals surface area (Å²) in [5.41, 5.74) is 5.69.